The molecule has 7 heteroatoms. The van der Waals surface area contributed by atoms with E-state index in [2.05, 4.69) is 0 Å². The number of carboxylic acids is 1. The topological polar surface area (TPSA) is 71.4 Å². The quantitative estimate of drug-likeness (QED) is 0.835. The van der Waals surface area contributed by atoms with Gasteiger partial charge in [-0.2, -0.15) is 0 Å². The third-order valence-corrected chi connectivity index (χ3v) is 3.99. The number of hydrogen-bond acceptors (Lipinski definition) is 3. The van der Waals surface area contributed by atoms with Crippen molar-refractivity contribution in [2.24, 2.45) is 0 Å². The molecular formula is C10H10F2O4S. The van der Waals surface area contributed by atoms with E-state index in [1.807, 2.05) is 0 Å². The van der Waals surface area contributed by atoms with Crippen LogP contribution in [0.25, 0.3) is 0 Å². The van der Waals surface area contributed by atoms with E-state index in [0.717, 1.165) is 24.3 Å². The Labute approximate surface area is 96.8 Å². The van der Waals surface area contributed by atoms with E-state index in [1.54, 1.807) is 0 Å². The van der Waals surface area contributed by atoms with Crippen molar-refractivity contribution < 1.29 is 27.1 Å². The fourth-order valence-electron chi connectivity index (χ4n) is 1.14. The van der Waals surface area contributed by atoms with Gasteiger partial charge in [0.05, 0.1) is 10.6 Å². The van der Waals surface area contributed by atoms with Gasteiger partial charge in [0, 0.05) is 0 Å². The molecule has 4 nitrogen and oxygen atoms in total. The van der Waals surface area contributed by atoms with Crippen LogP contribution in [0.2, 0.25) is 0 Å². The monoisotopic (exact) mass is 264 g/mol. The summed E-state index contributed by atoms with van der Waals surface area (Å²) in [6.45, 7) is 0.663. The lowest BCUT2D eigenvalue weighted by molar-refractivity contribution is -0.148. The predicted molar refractivity (Wildman–Crippen MR) is 55.6 cm³/mol. The number of carbonyl (C=O) groups is 1. The first-order valence-electron chi connectivity index (χ1n) is 4.56. The first-order valence-corrected chi connectivity index (χ1v) is 6.21. The minimum atomic E-state index is -4.10. The fourth-order valence-corrected chi connectivity index (χ4v) is 2.70. The molecule has 0 aliphatic heterocycles. The molecular weight excluding hydrogens is 254 g/mol. The molecule has 0 aliphatic rings. The Kier molecular flexibility index (Phi) is 3.51. The zero-order chi connectivity index (χ0) is 13.3. The molecule has 0 amide bonds. The van der Waals surface area contributed by atoms with Crippen LogP contribution < -0.4 is 0 Å². The van der Waals surface area contributed by atoms with Crippen molar-refractivity contribution in [1.29, 1.82) is 0 Å². The Hall–Kier alpha value is -1.50. The van der Waals surface area contributed by atoms with E-state index >= 15 is 0 Å². The highest BCUT2D eigenvalue weighted by Crippen LogP contribution is 2.20. The summed E-state index contributed by atoms with van der Waals surface area (Å²) in [6.07, 6.45) is 0. The number of hydrogen-bond donors (Lipinski definition) is 1. The number of rotatable bonds is 4. The molecule has 0 radical (unpaired) electrons. The Morgan fingerprint density at radius 3 is 2.24 bits per heavy atom. The van der Waals surface area contributed by atoms with Gasteiger partial charge in [0.1, 0.15) is 5.82 Å². The van der Waals surface area contributed by atoms with Gasteiger partial charge in [0.2, 0.25) is 5.67 Å². The smallest absolute Gasteiger partial charge is 0.342 e. The summed E-state index contributed by atoms with van der Waals surface area (Å²) in [5.41, 5.74) is -2.88. The maximum atomic E-state index is 13.4. The number of aliphatic carboxylic acids is 1. The number of halogens is 2. The van der Waals surface area contributed by atoms with Crippen molar-refractivity contribution in [3.8, 4) is 0 Å². The first kappa shape index (κ1) is 13.6. The molecule has 0 bridgehead atoms. The maximum absolute atomic E-state index is 13.4. The third kappa shape index (κ3) is 3.23. The Bertz CT molecular complexity index is 520. The molecule has 0 fully saturated rings. The molecule has 17 heavy (non-hydrogen) atoms. The van der Waals surface area contributed by atoms with Crippen LogP contribution in [-0.4, -0.2) is 30.9 Å². The highest BCUT2D eigenvalue weighted by Gasteiger charge is 2.38. The molecule has 0 aromatic heterocycles. The van der Waals surface area contributed by atoms with E-state index in [-0.39, 0.29) is 4.90 Å². The Morgan fingerprint density at radius 2 is 1.82 bits per heavy atom. The maximum Gasteiger partial charge on any atom is 0.342 e. The molecule has 1 aromatic carbocycles. The molecule has 0 spiro atoms. The molecule has 94 valence electrons. The first-order chi connectivity index (χ1) is 7.65. The van der Waals surface area contributed by atoms with E-state index in [1.165, 1.54) is 0 Å². The highest BCUT2D eigenvalue weighted by molar-refractivity contribution is 7.91. The molecule has 0 aliphatic carbocycles. The van der Waals surface area contributed by atoms with Gasteiger partial charge in [-0.25, -0.2) is 22.0 Å². The Morgan fingerprint density at radius 1 is 1.35 bits per heavy atom. The second-order valence-electron chi connectivity index (χ2n) is 3.72. The van der Waals surface area contributed by atoms with Gasteiger partial charge < -0.3 is 5.11 Å². The van der Waals surface area contributed by atoms with Crippen molar-refractivity contribution in [2.45, 2.75) is 17.5 Å². The summed E-state index contributed by atoms with van der Waals surface area (Å²) in [7, 11) is -4.10. The lowest BCUT2D eigenvalue weighted by Gasteiger charge is -2.14. The van der Waals surface area contributed by atoms with Gasteiger partial charge in [0.25, 0.3) is 0 Å². The minimum absolute atomic E-state index is 0.316. The van der Waals surface area contributed by atoms with Crippen molar-refractivity contribution >= 4 is 15.8 Å². The van der Waals surface area contributed by atoms with Gasteiger partial charge >= 0.3 is 5.97 Å². The zero-order valence-electron chi connectivity index (χ0n) is 8.85. The largest absolute Gasteiger partial charge is 0.479 e. The van der Waals surface area contributed by atoms with Gasteiger partial charge in [-0.3, -0.25) is 0 Å². The van der Waals surface area contributed by atoms with Gasteiger partial charge in [-0.05, 0) is 31.2 Å². The van der Waals surface area contributed by atoms with Crippen LogP contribution in [-0.2, 0) is 14.6 Å². The van der Waals surface area contributed by atoms with E-state index in [4.69, 9.17) is 5.11 Å². The van der Waals surface area contributed by atoms with Gasteiger partial charge in [-0.15, -0.1) is 0 Å². The lowest BCUT2D eigenvalue weighted by Crippen LogP contribution is -2.37. The molecule has 0 saturated carbocycles. The van der Waals surface area contributed by atoms with Crippen molar-refractivity contribution in [2.75, 3.05) is 5.75 Å². The third-order valence-electron chi connectivity index (χ3n) is 2.08. The number of benzene rings is 1. The van der Waals surface area contributed by atoms with Crippen LogP contribution in [0.5, 0.6) is 0 Å². The van der Waals surface area contributed by atoms with Gasteiger partial charge in [0.15, 0.2) is 9.84 Å². The highest BCUT2D eigenvalue weighted by atomic mass is 32.2. The Balaban J connectivity index is 3.05. The van der Waals surface area contributed by atoms with Crippen molar-refractivity contribution in [3.05, 3.63) is 30.1 Å². The van der Waals surface area contributed by atoms with E-state index in [0.29, 0.717) is 6.92 Å². The number of alkyl halides is 1. The molecule has 0 saturated heterocycles. The second kappa shape index (κ2) is 4.40. The standard InChI is InChI=1S/C10H10F2O4S/c1-10(12,9(13)14)6-17(15,16)8-4-2-7(11)3-5-8/h2-5H,6H2,1H3,(H,13,14). The van der Waals surface area contributed by atoms with Crippen LogP contribution in [0.15, 0.2) is 29.2 Å². The average molecular weight is 264 g/mol. The average Bonchev–Trinajstić information content (AvgIpc) is 2.16. The summed E-state index contributed by atoms with van der Waals surface area (Å²) < 4.78 is 49.3. The number of carboxylic acid groups (broad SMARTS) is 1. The van der Waals surface area contributed by atoms with Crippen LogP contribution in [0.4, 0.5) is 8.78 Å². The molecule has 1 unspecified atom stereocenters. The van der Waals surface area contributed by atoms with Crippen molar-refractivity contribution in [3.63, 3.8) is 0 Å². The SMILES string of the molecule is CC(F)(CS(=O)(=O)c1ccc(F)cc1)C(=O)O. The molecule has 1 atom stereocenters. The second-order valence-corrected chi connectivity index (χ2v) is 5.71. The summed E-state index contributed by atoms with van der Waals surface area (Å²) in [4.78, 5) is 10.2. The summed E-state index contributed by atoms with van der Waals surface area (Å²) in [5.74, 6) is -3.69. The van der Waals surface area contributed by atoms with Crippen molar-refractivity contribution in [1.82, 2.24) is 0 Å². The normalized spacial score (nSPS) is 15.2. The summed E-state index contributed by atoms with van der Waals surface area (Å²) >= 11 is 0. The zero-order valence-corrected chi connectivity index (χ0v) is 9.67. The van der Waals surface area contributed by atoms with Crippen LogP contribution in [0, 0.1) is 5.82 Å². The van der Waals surface area contributed by atoms with Crippen LogP contribution in [0.3, 0.4) is 0 Å². The number of sulfone groups is 1. The molecule has 0 heterocycles. The molecule has 1 N–H and O–H groups in total. The van der Waals surface area contributed by atoms with Crippen LogP contribution in [0.1, 0.15) is 6.92 Å². The van der Waals surface area contributed by atoms with E-state index < -0.39 is 33.0 Å². The predicted octanol–water partition coefficient (Wildman–Crippen LogP) is 1.41. The lowest BCUT2D eigenvalue weighted by atomic mass is 10.2. The van der Waals surface area contributed by atoms with E-state index in [9.17, 15) is 22.0 Å². The van der Waals surface area contributed by atoms with Gasteiger partial charge in [-0.1, -0.05) is 0 Å². The summed E-state index contributed by atoms with van der Waals surface area (Å²) in [5, 5.41) is 8.50. The molecule has 1 aromatic rings. The molecule has 1 rings (SSSR count). The minimum Gasteiger partial charge on any atom is -0.479 e. The summed E-state index contributed by atoms with van der Waals surface area (Å²) in [6, 6.07) is 3.73. The fraction of sp³-hybridized carbons (Fsp3) is 0.300. The van der Waals surface area contributed by atoms with Crippen LogP contribution >= 0.6 is 0 Å².